The van der Waals surface area contributed by atoms with Crippen LogP contribution in [0.2, 0.25) is 15.1 Å². The number of amides is 3. The first kappa shape index (κ1) is 27.7. The lowest BCUT2D eigenvalue weighted by molar-refractivity contribution is -0.142. The molecule has 2 aromatic carbocycles. The Morgan fingerprint density at radius 2 is 1.57 bits per heavy atom. The smallest absolute Gasteiger partial charge is 0.253 e. The van der Waals surface area contributed by atoms with E-state index in [1.807, 2.05) is 11.0 Å². The summed E-state index contributed by atoms with van der Waals surface area (Å²) in [6, 6.07) is 12.0. The lowest BCUT2D eigenvalue weighted by atomic mass is 9.83. The Kier molecular flexibility index (Phi) is 8.98. The van der Waals surface area contributed by atoms with Gasteiger partial charge >= 0.3 is 0 Å². The van der Waals surface area contributed by atoms with Crippen LogP contribution in [-0.2, 0) is 9.59 Å². The number of rotatable bonds is 5. The molecule has 2 aliphatic rings. The molecule has 0 radical (unpaired) electrons. The third-order valence-electron chi connectivity index (χ3n) is 7.48. The highest BCUT2D eigenvalue weighted by Gasteiger charge is 2.39. The monoisotopic (exact) mass is 567 g/mol. The Hall–Kier alpha value is -2.35. The largest absolute Gasteiger partial charge is 0.342 e. The van der Waals surface area contributed by atoms with Crippen LogP contribution in [0.15, 0.2) is 42.5 Å². The predicted octanol–water partition coefficient (Wildman–Crippen LogP) is 5.31. The molecule has 0 unspecified atom stereocenters. The summed E-state index contributed by atoms with van der Waals surface area (Å²) >= 11 is 18.5. The summed E-state index contributed by atoms with van der Waals surface area (Å²) in [4.78, 5) is 43.5. The molecule has 0 N–H and O–H groups in total. The molecule has 10 heteroatoms. The second-order valence-electron chi connectivity index (χ2n) is 9.63. The zero-order valence-corrected chi connectivity index (χ0v) is 22.8. The summed E-state index contributed by atoms with van der Waals surface area (Å²) in [7, 11) is 1.78. The Morgan fingerprint density at radius 1 is 0.919 bits per heavy atom. The van der Waals surface area contributed by atoms with E-state index in [1.54, 1.807) is 48.3 Å². The van der Waals surface area contributed by atoms with Gasteiger partial charge in [0.2, 0.25) is 5.91 Å². The van der Waals surface area contributed by atoms with Crippen molar-refractivity contribution < 1.29 is 18.8 Å². The molecule has 3 amide bonds. The molecule has 2 fully saturated rings. The molecule has 0 aliphatic carbocycles. The molecule has 2 heterocycles. The van der Waals surface area contributed by atoms with Crippen molar-refractivity contribution in [2.45, 2.75) is 31.2 Å². The van der Waals surface area contributed by atoms with Gasteiger partial charge in [0, 0.05) is 61.7 Å². The van der Waals surface area contributed by atoms with E-state index in [2.05, 4.69) is 0 Å². The summed E-state index contributed by atoms with van der Waals surface area (Å²) in [5.41, 5.74) is 1.43. The zero-order valence-electron chi connectivity index (χ0n) is 20.5. The van der Waals surface area contributed by atoms with Crippen LogP contribution in [-0.4, -0.2) is 78.4 Å². The van der Waals surface area contributed by atoms with Crippen LogP contribution in [0.5, 0.6) is 0 Å². The van der Waals surface area contributed by atoms with Gasteiger partial charge in [0.25, 0.3) is 11.8 Å². The fourth-order valence-corrected chi connectivity index (χ4v) is 5.77. The molecule has 2 aliphatic heterocycles. The lowest BCUT2D eigenvalue weighted by Gasteiger charge is -2.44. The van der Waals surface area contributed by atoms with E-state index in [4.69, 9.17) is 34.8 Å². The van der Waals surface area contributed by atoms with E-state index in [0.29, 0.717) is 66.1 Å². The molecule has 0 saturated carbocycles. The van der Waals surface area contributed by atoms with Gasteiger partial charge in [-0.1, -0.05) is 40.9 Å². The SMILES string of the molecule is CN(C(=O)c1ccc(Cl)cc1)[C@@H]1CCN(C(=O)C2CCN(C(=O)CF)CC2)C[C@H]1c1ccc(Cl)c(Cl)c1. The molecular weight excluding hydrogens is 540 g/mol. The van der Waals surface area contributed by atoms with Crippen LogP contribution in [0.25, 0.3) is 0 Å². The van der Waals surface area contributed by atoms with Crippen molar-refractivity contribution in [2.24, 2.45) is 5.92 Å². The quantitative estimate of drug-likeness (QED) is 0.491. The van der Waals surface area contributed by atoms with Gasteiger partial charge in [-0.15, -0.1) is 0 Å². The molecule has 37 heavy (non-hydrogen) atoms. The fourth-order valence-electron chi connectivity index (χ4n) is 5.34. The highest BCUT2D eigenvalue weighted by Crippen LogP contribution is 2.35. The van der Waals surface area contributed by atoms with E-state index < -0.39 is 12.6 Å². The summed E-state index contributed by atoms with van der Waals surface area (Å²) < 4.78 is 12.7. The fraction of sp³-hybridized carbons (Fsp3) is 0.444. The first-order chi connectivity index (χ1) is 17.7. The molecule has 2 saturated heterocycles. The number of carbonyl (C=O) groups excluding carboxylic acids is 3. The molecule has 6 nitrogen and oxygen atoms in total. The minimum Gasteiger partial charge on any atom is -0.342 e. The summed E-state index contributed by atoms with van der Waals surface area (Å²) in [5, 5.41) is 1.41. The lowest BCUT2D eigenvalue weighted by Crippen LogP contribution is -2.53. The minimum absolute atomic E-state index is 0.0301. The van der Waals surface area contributed by atoms with Gasteiger partial charge in [0.15, 0.2) is 6.67 Å². The second kappa shape index (κ2) is 12.0. The van der Waals surface area contributed by atoms with Crippen LogP contribution >= 0.6 is 34.8 Å². The maximum Gasteiger partial charge on any atom is 0.253 e. The topological polar surface area (TPSA) is 60.9 Å². The molecule has 198 valence electrons. The number of likely N-dealkylation sites (N-methyl/N-ethyl adjacent to an activating group) is 1. The number of hydrogen-bond acceptors (Lipinski definition) is 3. The Bertz CT molecular complexity index is 1160. The van der Waals surface area contributed by atoms with Crippen molar-refractivity contribution in [3.05, 3.63) is 68.7 Å². The van der Waals surface area contributed by atoms with Crippen molar-refractivity contribution in [3.63, 3.8) is 0 Å². The van der Waals surface area contributed by atoms with Crippen molar-refractivity contribution in [3.8, 4) is 0 Å². The van der Waals surface area contributed by atoms with Crippen molar-refractivity contribution in [1.82, 2.24) is 14.7 Å². The van der Waals surface area contributed by atoms with Crippen LogP contribution in [0, 0.1) is 5.92 Å². The van der Waals surface area contributed by atoms with E-state index in [-0.39, 0.29) is 29.7 Å². The van der Waals surface area contributed by atoms with E-state index in [9.17, 15) is 18.8 Å². The molecule has 0 spiro atoms. The standard InChI is InChI=1S/C27H29Cl3FN3O3/c1-32(26(36)17-2-5-20(28)6-3-17)24-10-13-34(16-21(24)19-4-7-22(29)23(30)14-19)27(37)18-8-11-33(12-9-18)25(35)15-31/h2-7,14,18,21,24H,8-13,15-16H2,1H3/t21-,24+/m0/s1. The van der Waals surface area contributed by atoms with Crippen LogP contribution < -0.4 is 0 Å². The average Bonchev–Trinajstić information content (AvgIpc) is 2.93. The normalized spacial score (nSPS) is 20.6. The van der Waals surface area contributed by atoms with Crippen LogP contribution in [0.1, 0.15) is 41.1 Å². The first-order valence-corrected chi connectivity index (χ1v) is 13.4. The minimum atomic E-state index is -1.01. The Labute approximate surface area is 231 Å². The maximum absolute atomic E-state index is 13.5. The molecule has 0 bridgehead atoms. The van der Waals surface area contributed by atoms with Gasteiger partial charge in [-0.25, -0.2) is 4.39 Å². The van der Waals surface area contributed by atoms with Gasteiger partial charge in [-0.2, -0.15) is 0 Å². The van der Waals surface area contributed by atoms with Gasteiger partial charge in [-0.05, 0) is 61.2 Å². The van der Waals surface area contributed by atoms with Crippen LogP contribution in [0.4, 0.5) is 4.39 Å². The number of halogens is 4. The van der Waals surface area contributed by atoms with Gasteiger partial charge in [0.1, 0.15) is 0 Å². The Morgan fingerprint density at radius 3 is 2.19 bits per heavy atom. The van der Waals surface area contributed by atoms with Crippen molar-refractivity contribution >= 4 is 52.5 Å². The molecule has 4 rings (SSSR count). The third kappa shape index (κ3) is 6.21. The van der Waals surface area contributed by atoms with E-state index in [0.717, 1.165) is 5.56 Å². The number of alkyl halides is 1. The number of nitrogens with zero attached hydrogens (tertiary/aromatic N) is 3. The second-order valence-corrected chi connectivity index (χ2v) is 10.9. The summed E-state index contributed by atoms with van der Waals surface area (Å²) in [6.07, 6.45) is 1.61. The summed E-state index contributed by atoms with van der Waals surface area (Å²) in [6.45, 7) is 0.667. The van der Waals surface area contributed by atoms with E-state index >= 15 is 0 Å². The molecular formula is C27H29Cl3FN3O3. The zero-order chi connectivity index (χ0) is 26.7. The molecule has 2 aromatic rings. The highest BCUT2D eigenvalue weighted by atomic mass is 35.5. The number of likely N-dealkylation sites (tertiary alicyclic amines) is 2. The molecule has 0 aromatic heterocycles. The Balaban J connectivity index is 1.53. The van der Waals surface area contributed by atoms with Crippen molar-refractivity contribution in [2.75, 3.05) is 39.9 Å². The predicted molar refractivity (Wildman–Crippen MR) is 143 cm³/mol. The van der Waals surface area contributed by atoms with Gasteiger partial charge in [-0.3, -0.25) is 14.4 Å². The number of benzene rings is 2. The first-order valence-electron chi connectivity index (χ1n) is 12.3. The van der Waals surface area contributed by atoms with Crippen LogP contribution in [0.3, 0.4) is 0 Å². The third-order valence-corrected chi connectivity index (χ3v) is 8.47. The van der Waals surface area contributed by atoms with E-state index in [1.165, 1.54) is 4.90 Å². The summed E-state index contributed by atoms with van der Waals surface area (Å²) in [5.74, 6) is -1.02. The number of hydrogen-bond donors (Lipinski definition) is 0. The number of carbonyl (C=O) groups is 3. The average molecular weight is 569 g/mol. The van der Waals surface area contributed by atoms with Gasteiger partial charge in [0.05, 0.1) is 10.0 Å². The maximum atomic E-state index is 13.5. The van der Waals surface area contributed by atoms with Crippen molar-refractivity contribution in [1.29, 1.82) is 0 Å². The highest BCUT2D eigenvalue weighted by molar-refractivity contribution is 6.42. The van der Waals surface area contributed by atoms with Gasteiger partial charge < -0.3 is 14.7 Å². The number of piperidine rings is 2. The molecule has 2 atom stereocenters.